The molecule has 0 aliphatic rings. The van der Waals surface area contributed by atoms with Gasteiger partial charge in [0.05, 0.1) is 12.2 Å². The van der Waals surface area contributed by atoms with Gasteiger partial charge < -0.3 is 19.8 Å². The average molecular weight is 355 g/mol. The highest BCUT2D eigenvalue weighted by Crippen LogP contribution is 2.22. The molecule has 3 N–H and O–H groups in total. The molecule has 1 aromatic heterocycles. The smallest absolute Gasteiger partial charge is 0.464 e. The molecule has 0 saturated carbocycles. The number of carbonyl (C=O) groups excluding carboxylic acids is 1. The molecule has 0 radical (unpaired) electrons. The van der Waals surface area contributed by atoms with Crippen LogP contribution in [0.3, 0.4) is 0 Å². The third-order valence-corrected chi connectivity index (χ3v) is 4.26. The van der Waals surface area contributed by atoms with Gasteiger partial charge in [-0.1, -0.05) is 30.3 Å². The molecule has 7 heteroatoms. The van der Waals surface area contributed by atoms with Crippen molar-refractivity contribution < 1.29 is 23.7 Å². The summed E-state index contributed by atoms with van der Waals surface area (Å²) in [6, 6.07) is 13.4. The fourth-order valence-electron chi connectivity index (χ4n) is 2.85. The van der Waals surface area contributed by atoms with Crippen LogP contribution in [-0.2, 0) is 17.6 Å². The molecular formula is C19H19BFNO4. The van der Waals surface area contributed by atoms with E-state index in [1.54, 1.807) is 18.4 Å². The number of furan rings is 1. The van der Waals surface area contributed by atoms with Crippen LogP contribution in [0.25, 0.3) is 11.0 Å². The molecule has 5 nitrogen and oxygen atoms in total. The predicted molar refractivity (Wildman–Crippen MR) is 96.8 cm³/mol. The van der Waals surface area contributed by atoms with E-state index in [2.05, 4.69) is 5.32 Å². The molecule has 2 aromatic carbocycles. The number of para-hydroxylation sites is 1. The maximum atomic E-state index is 12.9. The van der Waals surface area contributed by atoms with E-state index in [4.69, 9.17) is 4.42 Å². The van der Waals surface area contributed by atoms with Gasteiger partial charge in [-0.15, -0.1) is 0 Å². The first-order valence-corrected chi connectivity index (χ1v) is 8.38. The lowest BCUT2D eigenvalue weighted by Gasteiger charge is -2.17. The zero-order valence-electron chi connectivity index (χ0n) is 14.1. The normalized spacial score (nSPS) is 12.1. The Labute approximate surface area is 150 Å². The molecule has 0 spiro atoms. The number of fused-ring (bicyclic) bond motifs is 1. The summed E-state index contributed by atoms with van der Waals surface area (Å²) in [5, 5.41) is 22.8. The van der Waals surface area contributed by atoms with Crippen LogP contribution in [0.1, 0.15) is 17.5 Å². The standard InChI is InChI=1S/C19H19BFNO4/c21-15-8-5-13(6-9-15)7-10-19(23)22-18(20(24)25)11-14-12-26-17-4-2-1-3-16(14)17/h1-6,8-9,12,18,24-25H,7,10-11H2,(H,22,23). The summed E-state index contributed by atoms with van der Waals surface area (Å²) in [5.41, 5.74) is 2.33. The summed E-state index contributed by atoms with van der Waals surface area (Å²) in [7, 11) is -1.70. The molecule has 26 heavy (non-hydrogen) atoms. The third-order valence-electron chi connectivity index (χ3n) is 4.26. The zero-order valence-corrected chi connectivity index (χ0v) is 14.1. The number of hydrogen-bond acceptors (Lipinski definition) is 4. The summed E-state index contributed by atoms with van der Waals surface area (Å²) in [4.78, 5) is 12.2. The van der Waals surface area contributed by atoms with Crippen LogP contribution in [0.5, 0.6) is 0 Å². The van der Waals surface area contributed by atoms with Crippen molar-refractivity contribution in [2.24, 2.45) is 0 Å². The van der Waals surface area contributed by atoms with Gasteiger partial charge in [-0.05, 0) is 42.2 Å². The molecule has 1 atom stereocenters. The van der Waals surface area contributed by atoms with Gasteiger partial charge >= 0.3 is 7.12 Å². The van der Waals surface area contributed by atoms with Crippen molar-refractivity contribution in [3.05, 3.63) is 71.7 Å². The second-order valence-electron chi connectivity index (χ2n) is 6.18. The minimum atomic E-state index is -1.70. The summed E-state index contributed by atoms with van der Waals surface area (Å²) >= 11 is 0. The van der Waals surface area contributed by atoms with Crippen LogP contribution in [0.2, 0.25) is 0 Å². The van der Waals surface area contributed by atoms with E-state index in [9.17, 15) is 19.2 Å². The molecule has 3 rings (SSSR count). The van der Waals surface area contributed by atoms with Crippen molar-refractivity contribution in [3.63, 3.8) is 0 Å². The van der Waals surface area contributed by atoms with E-state index >= 15 is 0 Å². The molecule has 0 aliphatic carbocycles. The first kappa shape index (κ1) is 18.2. The number of aryl methyl sites for hydroxylation is 1. The number of rotatable bonds is 7. The minimum absolute atomic E-state index is 0.168. The first-order chi connectivity index (χ1) is 12.5. The number of halogens is 1. The van der Waals surface area contributed by atoms with E-state index in [-0.39, 0.29) is 24.6 Å². The van der Waals surface area contributed by atoms with Crippen molar-refractivity contribution in [1.29, 1.82) is 0 Å². The average Bonchev–Trinajstić information content (AvgIpc) is 3.04. The second kappa shape index (κ2) is 8.16. The highest BCUT2D eigenvalue weighted by atomic mass is 19.1. The van der Waals surface area contributed by atoms with Crippen molar-refractivity contribution >= 4 is 24.0 Å². The number of benzene rings is 2. The fraction of sp³-hybridized carbons (Fsp3) is 0.211. The van der Waals surface area contributed by atoms with Gasteiger partial charge in [0.1, 0.15) is 11.4 Å². The van der Waals surface area contributed by atoms with Crippen LogP contribution >= 0.6 is 0 Å². The fourth-order valence-corrected chi connectivity index (χ4v) is 2.85. The highest BCUT2D eigenvalue weighted by molar-refractivity contribution is 6.43. The monoisotopic (exact) mass is 355 g/mol. The Bertz CT molecular complexity index is 879. The lowest BCUT2D eigenvalue weighted by Crippen LogP contribution is -2.47. The number of hydrogen-bond donors (Lipinski definition) is 3. The lowest BCUT2D eigenvalue weighted by atomic mass is 9.76. The van der Waals surface area contributed by atoms with E-state index in [0.717, 1.165) is 16.5 Å². The maximum absolute atomic E-state index is 12.9. The summed E-state index contributed by atoms with van der Waals surface area (Å²) in [6.45, 7) is 0. The Morgan fingerprint density at radius 3 is 2.62 bits per heavy atom. The van der Waals surface area contributed by atoms with Gasteiger partial charge in [0.25, 0.3) is 0 Å². The van der Waals surface area contributed by atoms with Crippen LogP contribution in [-0.4, -0.2) is 29.0 Å². The third kappa shape index (κ3) is 4.50. The molecule has 0 saturated heterocycles. The van der Waals surface area contributed by atoms with Gasteiger partial charge in [0.15, 0.2) is 0 Å². The van der Waals surface area contributed by atoms with E-state index in [1.165, 1.54) is 12.1 Å². The largest absolute Gasteiger partial charge is 0.475 e. The summed E-state index contributed by atoms with van der Waals surface area (Å²) in [6.07, 6.45) is 2.40. The molecule has 1 heterocycles. The van der Waals surface area contributed by atoms with Gasteiger partial charge in [-0.3, -0.25) is 4.79 Å². The molecule has 0 fully saturated rings. The number of amides is 1. The Morgan fingerprint density at radius 1 is 1.15 bits per heavy atom. The minimum Gasteiger partial charge on any atom is -0.464 e. The number of nitrogens with one attached hydrogen (secondary N) is 1. The second-order valence-corrected chi connectivity index (χ2v) is 6.18. The van der Waals surface area contributed by atoms with Crippen LogP contribution in [0.15, 0.2) is 59.2 Å². The van der Waals surface area contributed by atoms with Crippen molar-refractivity contribution in [2.45, 2.75) is 25.2 Å². The Kier molecular flexibility index (Phi) is 5.70. The topological polar surface area (TPSA) is 82.7 Å². The van der Waals surface area contributed by atoms with Crippen LogP contribution in [0, 0.1) is 5.82 Å². The van der Waals surface area contributed by atoms with Gasteiger partial charge in [-0.2, -0.15) is 0 Å². The molecule has 1 unspecified atom stereocenters. The van der Waals surface area contributed by atoms with E-state index in [0.29, 0.717) is 12.0 Å². The first-order valence-electron chi connectivity index (χ1n) is 8.38. The zero-order chi connectivity index (χ0) is 18.5. The number of carbonyl (C=O) groups is 1. The van der Waals surface area contributed by atoms with Crippen LogP contribution < -0.4 is 5.32 Å². The molecule has 134 valence electrons. The van der Waals surface area contributed by atoms with Crippen molar-refractivity contribution in [2.75, 3.05) is 0 Å². The Morgan fingerprint density at radius 2 is 1.88 bits per heavy atom. The van der Waals surface area contributed by atoms with Crippen molar-refractivity contribution in [3.8, 4) is 0 Å². The quantitative estimate of drug-likeness (QED) is 0.568. The highest BCUT2D eigenvalue weighted by Gasteiger charge is 2.26. The maximum Gasteiger partial charge on any atom is 0.475 e. The summed E-state index contributed by atoms with van der Waals surface area (Å²) < 4.78 is 18.3. The van der Waals surface area contributed by atoms with E-state index < -0.39 is 13.1 Å². The molecule has 0 bridgehead atoms. The molecule has 3 aromatic rings. The van der Waals surface area contributed by atoms with Crippen LogP contribution in [0.4, 0.5) is 4.39 Å². The van der Waals surface area contributed by atoms with Gasteiger partial charge in [0.2, 0.25) is 5.91 Å². The van der Waals surface area contributed by atoms with Gasteiger partial charge in [-0.25, -0.2) is 4.39 Å². The predicted octanol–water partition coefficient (Wildman–Crippen LogP) is 2.24. The molecular weight excluding hydrogens is 336 g/mol. The van der Waals surface area contributed by atoms with Crippen molar-refractivity contribution in [1.82, 2.24) is 5.32 Å². The summed E-state index contributed by atoms with van der Waals surface area (Å²) in [5.74, 6) is -1.48. The van der Waals surface area contributed by atoms with Gasteiger partial charge in [0, 0.05) is 11.8 Å². The van der Waals surface area contributed by atoms with E-state index in [1.807, 2.05) is 24.3 Å². The lowest BCUT2D eigenvalue weighted by molar-refractivity contribution is -0.121. The Balaban J connectivity index is 1.61. The molecule has 1 amide bonds. The SMILES string of the molecule is O=C(CCc1ccc(F)cc1)NC(Cc1coc2ccccc12)B(O)O. The molecule has 0 aliphatic heterocycles. The Hall–Kier alpha value is -2.64.